The third-order valence-electron chi connectivity index (χ3n) is 1.82. The van der Waals surface area contributed by atoms with Gasteiger partial charge in [0.25, 0.3) is 0 Å². The van der Waals surface area contributed by atoms with Crippen LogP contribution in [0.1, 0.15) is 17.8 Å². The normalized spacial score (nSPS) is 12.1. The number of amides is 1. The fraction of sp³-hybridized carbons (Fsp3) is 0.400. The van der Waals surface area contributed by atoms with Gasteiger partial charge < -0.3 is 15.2 Å². The lowest BCUT2D eigenvalue weighted by molar-refractivity contribution is -0.142. The van der Waals surface area contributed by atoms with Gasteiger partial charge in [0.2, 0.25) is 5.91 Å². The average Bonchev–Trinajstić information content (AvgIpc) is 2.75. The number of nitrogens with one attached hydrogen (secondary N) is 1. The molecule has 0 aliphatic carbocycles. The van der Waals surface area contributed by atoms with Gasteiger partial charge in [-0.05, 0) is 18.4 Å². The number of carbonyl (C=O) groups excluding carboxylic acids is 1. The van der Waals surface area contributed by atoms with Crippen molar-refractivity contribution < 1.29 is 19.4 Å². The maximum atomic E-state index is 11.3. The zero-order chi connectivity index (χ0) is 12.0. The predicted molar refractivity (Wildman–Crippen MR) is 59.3 cm³/mol. The first-order valence-electron chi connectivity index (χ1n) is 4.78. The van der Waals surface area contributed by atoms with Gasteiger partial charge in [-0.2, -0.15) is 0 Å². The van der Waals surface area contributed by atoms with Crippen LogP contribution in [-0.2, 0) is 14.3 Å². The zero-order valence-corrected chi connectivity index (χ0v) is 9.62. The summed E-state index contributed by atoms with van der Waals surface area (Å²) in [7, 11) is 0. The summed E-state index contributed by atoms with van der Waals surface area (Å²) in [6, 6.07) is 2.42. The van der Waals surface area contributed by atoms with E-state index in [1.54, 1.807) is 24.4 Å². The molecule has 5 nitrogen and oxygen atoms in total. The van der Waals surface area contributed by atoms with E-state index in [0.717, 1.165) is 0 Å². The summed E-state index contributed by atoms with van der Waals surface area (Å²) >= 11 is 1.29. The number of ether oxygens (including phenoxy) is 1. The van der Waals surface area contributed by atoms with E-state index in [4.69, 9.17) is 9.84 Å². The van der Waals surface area contributed by atoms with Gasteiger partial charge in [0.15, 0.2) is 6.04 Å². The van der Waals surface area contributed by atoms with Gasteiger partial charge in [-0.1, -0.05) is 6.07 Å². The fourth-order valence-electron chi connectivity index (χ4n) is 1.11. The van der Waals surface area contributed by atoms with Gasteiger partial charge in [0.05, 0.1) is 0 Å². The summed E-state index contributed by atoms with van der Waals surface area (Å²) in [6.45, 7) is 2.07. The molecule has 88 valence electrons. The molecule has 1 atom stereocenters. The molecular weight excluding hydrogens is 230 g/mol. The maximum Gasteiger partial charge on any atom is 0.331 e. The summed E-state index contributed by atoms with van der Waals surface area (Å²) in [5.41, 5.74) is 0. The third kappa shape index (κ3) is 3.63. The second kappa shape index (κ2) is 6.24. The minimum Gasteiger partial charge on any atom is -0.479 e. The van der Waals surface area contributed by atoms with Crippen molar-refractivity contribution in [3.63, 3.8) is 0 Å². The zero-order valence-electron chi connectivity index (χ0n) is 8.80. The SMILES string of the molecule is CCOCC(=O)NC(C(=O)O)c1cccs1. The van der Waals surface area contributed by atoms with Gasteiger partial charge in [-0.3, -0.25) is 4.79 Å². The molecule has 0 aromatic carbocycles. The Morgan fingerprint density at radius 2 is 2.38 bits per heavy atom. The Balaban J connectivity index is 2.59. The molecule has 1 heterocycles. The number of hydrogen-bond donors (Lipinski definition) is 2. The van der Waals surface area contributed by atoms with E-state index in [0.29, 0.717) is 11.5 Å². The van der Waals surface area contributed by atoms with Crippen LogP contribution in [0.25, 0.3) is 0 Å². The highest BCUT2D eigenvalue weighted by molar-refractivity contribution is 7.10. The lowest BCUT2D eigenvalue weighted by Crippen LogP contribution is -2.35. The van der Waals surface area contributed by atoms with E-state index in [9.17, 15) is 9.59 Å². The van der Waals surface area contributed by atoms with Crippen molar-refractivity contribution in [1.82, 2.24) is 5.32 Å². The number of carboxylic acid groups (broad SMARTS) is 1. The molecule has 0 spiro atoms. The minimum atomic E-state index is -1.08. The number of hydrogen-bond acceptors (Lipinski definition) is 4. The first kappa shape index (κ1) is 12.7. The first-order valence-corrected chi connectivity index (χ1v) is 5.66. The lowest BCUT2D eigenvalue weighted by Gasteiger charge is -2.12. The molecule has 1 aromatic heterocycles. The highest BCUT2D eigenvalue weighted by Gasteiger charge is 2.22. The smallest absolute Gasteiger partial charge is 0.331 e. The molecule has 1 unspecified atom stereocenters. The largest absolute Gasteiger partial charge is 0.479 e. The van der Waals surface area contributed by atoms with Crippen molar-refractivity contribution in [2.75, 3.05) is 13.2 Å². The van der Waals surface area contributed by atoms with Crippen molar-refractivity contribution in [3.8, 4) is 0 Å². The number of aliphatic carboxylic acids is 1. The second-order valence-electron chi connectivity index (χ2n) is 2.99. The van der Waals surface area contributed by atoms with Gasteiger partial charge in [-0.15, -0.1) is 11.3 Å². The van der Waals surface area contributed by atoms with Crippen LogP contribution < -0.4 is 5.32 Å². The van der Waals surface area contributed by atoms with E-state index in [2.05, 4.69) is 5.32 Å². The lowest BCUT2D eigenvalue weighted by atomic mass is 10.2. The first-order chi connectivity index (χ1) is 7.65. The fourth-order valence-corrected chi connectivity index (χ4v) is 1.87. The van der Waals surface area contributed by atoms with Crippen molar-refractivity contribution in [2.24, 2.45) is 0 Å². The molecule has 0 saturated heterocycles. The molecule has 0 aliphatic rings. The van der Waals surface area contributed by atoms with Gasteiger partial charge in [0.1, 0.15) is 6.61 Å². The van der Waals surface area contributed by atoms with Crippen LogP contribution in [0.4, 0.5) is 0 Å². The number of carboxylic acids is 1. The monoisotopic (exact) mass is 243 g/mol. The van der Waals surface area contributed by atoms with Crippen LogP contribution in [0.3, 0.4) is 0 Å². The summed E-state index contributed by atoms with van der Waals surface area (Å²) in [5, 5.41) is 13.1. The van der Waals surface area contributed by atoms with Crippen LogP contribution in [-0.4, -0.2) is 30.2 Å². The molecule has 2 N–H and O–H groups in total. The third-order valence-corrected chi connectivity index (χ3v) is 2.75. The summed E-state index contributed by atoms with van der Waals surface area (Å²) < 4.78 is 4.89. The van der Waals surface area contributed by atoms with Crippen LogP contribution >= 0.6 is 11.3 Å². The Kier molecular flexibility index (Phi) is 4.94. The van der Waals surface area contributed by atoms with E-state index in [-0.39, 0.29) is 6.61 Å². The standard InChI is InChI=1S/C10H13NO4S/c1-2-15-6-8(12)11-9(10(13)14)7-4-3-5-16-7/h3-5,9H,2,6H2,1H3,(H,11,12)(H,13,14). The van der Waals surface area contributed by atoms with E-state index in [1.807, 2.05) is 0 Å². The number of thiophene rings is 1. The van der Waals surface area contributed by atoms with Crippen molar-refractivity contribution in [3.05, 3.63) is 22.4 Å². The quantitative estimate of drug-likeness (QED) is 0.782. The van der Waals surface area contributed by atoms with Crippen LogP contribution in [0.2, 0.25) is 0 Å². The minimum absolute atomic E-state index is 0.119. The van der Waals surface area contributed by atoms with Crippen molar-refractivity contribution in [1.29, 1.82) is 0 Å². The Bertz CT molecular complexity index is 350. The Morgan fingerprint density at radius 1 is 1.62 bits per heavy atom. The second-order valence-corrected chi connectivity index (χ2v) is 3.97. The molecule has 1 rings (SSSR count). The summed E-state index contributed by atoms with van der Waals surface area (Å²) in [4.78, 5) is 22.9. The predicted octanol–water partition coefficient (Wildman–Crippen LogP) is 1.03. The van der Waals surface area contributed by atoms with Gasteiger partial charge in [-0.25, -0.2) is 4.79 Å². The molecule has 0 radical (unpaired) electrons. The van der Waals surface area contributed by atoms with Gasteiger partial charge in [0, 0.05) is 11.5 Å². The Hall–Kier alpha value is -1.40. The average molecular weight is 243 g/mol. The number of rotatable bonds is 6. The van der Waals surface area contributed by atoms with E-state index >= 15 is 0 Å². The molecule has 6 heteroatoms. The van der Waals surface area contributed by atoms with E-state index < -0.39 is 17.9 Å². The van der Waals surface area contributed by atoms with Crippen molar-refractivity contribution >= 4 is 23.2 Å². The molecule has 0 saturated carbocycles. The summed E-state index contributed by atoms with van der Waals surface area (Å²) in [5.74, 6) is -1.50. The van der Waals surface area contributed by atoms with Gasteiger partial charge >= 0.3 is 5.97 Å². The topological polar surface area (TPSA) is 75.6 Å². The van der Waals surface area contributed by atoms with Crippen LogP contribution in [0, 0.1) is 0 Å². The van der Waals surface area contributed by atoms with Crippen molar-refractivity contribution in [2.45, 2.75) is 13.0 Å². The Labute approximate surface area is 97.0 Å². The highest BCUT2D eigenvalue weighted by atomic mass is 32.1. The van der Waals surface area contributed by atoms with Crippen LogP contribution in [0.5, 0.6) is 0 Å². The summed E-state index contributed by atoms with van der Waals surface area (Å²) in [6.07, 6.45) is 0. The van der Waals surface area contributed by atoms with Crippen LogP contribution in [0.15, 0.2) is 17.5 Å². The molecule has 1 amide bonds. The maximum absolute atomic E-state index is 11.3. The molecule has 16 heavy (non-hydrogen) atoms. The molecule has 0 fully saturated rings. The highest BCUT2D eigenvalue weighted by Crippen LogP contribution is 2.18. The molecular formula is C10H13NO4S. The molecule has 0 aliphatic heterocycles. The van der Waals surface area contributed by atoms with E-state index in [1.165, 1.54) is 11.3 Å². The number of carbonyl (C=O) groups is 2. The molecule has 1 aromatic rings. The molecule has 0 bridgehead atoms. The Morgan fingerprint density at radius 3 is 2.88 bits per heavy atom.